The van der Waals surface area contributed by atoms with Crippen molar-refractivity contribution in [2.45, 2.75) is 32.4 Å². The second-order valence-corrected chi connectivity index (χ2v) is 4.82. The summed E-state index contributed by atoms with van der Waals surface area (Å²) in [6.45, 7) is 6.24. The van der Waals surface area contributed by atoms with E-state index >= 15 is 0 Å². The largest absolute Gasteiger partial charge is 0.368 e. The van der Waals surface area contributed by atoms with Crippen LogP contribution in [-0.2, 0) is 0 Å². The van der Waals surface area contributed by atoms with Crippen LogP contribution in [0, 0.1) is 18.3 Å². The number of piperazine rings is 1. The predicted molar refractivity (Wildman–Crippen MR) is 70.0 cm³/mol. The SMILES string of the molecule is Cc1ccccc1N1CC(C)NC(CC#N)C1. The Morgan fingerprint density at radius 3 is 2.88 bits per heavy atom. The Bertz CT molecular complexity index is 422. The summed E-state index contributed by atoms with van der Waals surface area (Å²) in [5, 5.41) is 12.3. The van der Waals surface area contributed by atoms with Gasteiger partial charge in [0.25, 0.3) is 0 Å². The quantitative estimate of drug-likeness (QED) is 0.844. The summed E-state index contributed by atoms with van der Waals surface area (Å²) in [5.41, 5.74) is 2.60. The van der Waals surface area contributed by atoms with Crippen LogP contribution in [0.25, 0.3) is 0 Å². The fourth-order valence-corrected chi connectivity index (χ4v) is 2.53. The van der Waals surface area contributed by atoms with Crippen LogP contribution in [0.2, 0.25) is 0 Å². The highest BCUT2D eigenvalue weighted by atomic mass is 15.2. The Hall–Kier alpha value is -1.53. The topological polar surface area (TPSA) is 39.1 Å². The van der Waals surface area contributed by atoms with Crippen molar-refractivity contribution in [3.63, 3.8) is 0 Å². The molecule has 3 nitrogen and oxygen atoms in total. The highest BCUT2D eigenvalue weighted by Gasteiger charge is 2.24. The first-order valence-corrected chi connectivity index (χ1v) is 6.14. The van der Waals surface area contributed by atoms with Crippen molar-refractivity contribution in [3.05, 3.63) is 29.8 Å². The van der Waals surface area contributed by atoms with Gasteiger partial charge in [-0.15, -0.1) is 0 Å². The summed E-state index contributed by atoms with van der Waals surface area (Å²) in [6.07, 6.45) is 0.576. The van der Waals surface area contributed by atoms with E-state index in [2.05, 4.69) is 54.4 Å². The lowest BCUT2D eigenvalue weighted by Crippen LogP contribution is -2.55. The zero-order chi connectivity index (χ0) is 12.3. The maximum Gasteiger partial charge on any atom is 0.0638 e. The lowest BCUT2D eigenvalue weighted by atomic mass is 10.1. The molecule has 1 fully saturated rings. The lowest BCUT2D eigenvalue weighted by Gasteiger charge is -2.39. The number of hydrogen-bond acceptors (Lipinski definition) is 3. The van der Waals surface area contributed by atoms with Crippen LogP contribution in [0.4, 0.5) is 5.69 Å². The summed E-state index contributed by atoms with van der Waals surface area (Å²) in [5.74, 6) is 0. The molecule has 2 unspecified atom stereocenters. The monoisotopic (exact) mass is 229 g/mol. The predicted octanol–water partition coefficient (Wildman–Crippen LogP) is 2.08. The van der Waals surface area contributed by atoms with Gasteiger partial charge in [0.1, 0.15) is 0 Å². The Balaban J connectivity index is 2.16. The van der Waals surface area contributed by atoms with Crippen LogP contribution in [0.5, 0.6) is 0 Å². The van der Waals surface area contributed by atoms with Gasteiger partial charge in [-0.25, -0.2) is 0 Å². The van der Waals surface area contributed by atoms with E-state index in [4.69, 9.17) is 5.26 Å². The van der Waals surface area contributed by atoms with Gasteiger partial charge in [0, 0.05) is 30.9 Å². The molecule has 0 bridgehead atoms. The second kappa shape index (κ2) is 5.20. The minimum atomic E-state index is 0.281. The standard InChI is InChI=1S/C14H19N3/c1-11-5-3-4-6-14(11)17-9-12(2)16-13(10-17)7-8-15/h3-6,12-13,16H,7,9-10H2,1-2H3. The van der Waals surface area contributed by atoms with Gasteiger partial charge >= 0.3 is 0 Å². The Morgan fingerprint density at radius 1 is 1.41 bits per heavy atom. The van der Waals surface area contributed by atoms with Gasteiger partial charge in [-0.3, -0.25) is 0 Å². The summed E-state index contributed by atoms with van der Waals surface area (Å²) in [7, 11) is 0. The van der Waals surface area contributed by atoms with Crippen molar-refractivity contribution in [2.24, 2.45) is 0 Å². The van der Waals surface area contributed by atoms with Crippen molar-refractivity contribution in [2.75, 3.05) is 18.0 Å². The summed E-state index contributed by atoms with van der Waals surface area (Å²) in [6, 6.07) is 11.4. The zero-order valence-corrected chi connectivity index (χ0v) is 10.5. The van der Waals surface area contributed by atoms with Gasteiger partial charge < -0.3 is 10.2 Å². The molecule has 0 aromatic heterocycles. The fourth-order valence-electron chi connectivity index (χ4n) is 2.53. The number of nitrogens with one attached hydrogen (secondary N) is 1. The summed E-state index contributed by atoms with van der Waals surface area (Å²) >= 11 is 0. The molecular weight excluding hydrogens is 210 g/mol. The minimum Gasteiger partial charge on any atom is -0.368 e. The highest BCUT2D eigenvalue weighted by Crippen LogP contribution is 2.22. The van der Waals surface area contributed by atoms with Crippen molar-refractivity contribution >= 4 is 5.69 Å². The fraction of sp³-hybridized carbons (Fsp3) is 0.500. The Morgan fingerprint density at radius 2 is 2.18 bits per heavy atom. The first-order valence-electron chi connectivity index (χ1n) is 6.14. The van der Waals surface area contributed by atoms with Crippen LogP contribution in [-0.4, -0.2) is 25.2 Å². The average Bonchev–Trinajstić information content (AvgIpc) is 2.29. The summed E-state index contributed by atoms with van der Waals surface area (Å²) in [4.78, 5) is 2.39. The van der Waals surface area contributed by atoms with Crippen LogP contribution >= 0.6 is 0 Å². The van der Waals surface area contributed by atoms with Gasteiger partial charge in [0.2, 0.25) is 0 Å². The van der Waals surface area contributed by atoms with E-state index in [0.29, 0.717) is 12.5 Å². The van der Waals surface area contributed by atoms with E-state index < -0.39 is 0 Å². The van der Waals surface area contributed by atoms with E-state index in [-0.39, 0.29) is 6.04 Å². The van der Waals surface area contributed by atoms with Crippen LogP contribution in [0.1, 0.15) is 18.9 Å². The van der Waals surface area contributed by atoms with E-state index in [1.54, 1.807) is 0 Å². The van der Waals surface area contributed by atoms with Crippen molar-refractivity contribution in [1.82, 2.24) is 5.32 Å². The van der Waals surface area contributed by atoms with Gasteiger partial charge in [0.05, 0.1) is 12.5 Å². The molecule has 0 spiro atoms. The van der Waals surface area contributed by atoms with Crippen molar-refractivity contribution < 1.29 is 0 Å². The molecule has 90 valence electrons. The van der Waals surface area contributed by atoms with Crippen molar-refractivity contribution in [3.8, 4) is 6.07 Å². The molecule has 1 aliphatic rings. The zero-order valence-electron chi connectivity index (χ0n) is 10.5. The molecule has 0 aliphatic carbocycles. The molecule has 3 heteroatoms. The van der Waals surface area contributed by atoms with E-state index in [1.807, 2.05) is 0 Å². The molecule has 1 aliphatic heterocycles. The number of nitriles is 1. The number of rotatable bonds is 2. The molecule has 17 heavy (non-hydrogen) atoms. The average molecular weight is 229 g/mol. The molecule has 2 atom stereocenters. The minimum absolute atomic E-state index is 0.281. The second-order valence-electron chi connectivity index (χ2n) is 4.82. The first kappa shape index (κ1) is 11.9. The molecule has 0 amide bonds. The maximum atomic E-state index is 8.81. The molecule has 1 aromatic rings. The number of benzene rings is 1. The highest BCUT2D eigenvalue weighted by molar-refractivity contribution is 5.53. The van der Waals surface area contributed by atoms with Gasteiger partial charge in [0.15, 0.2) is 0 Å². The van der Waals surface area contributed by atoms with Gasteiger partial charge in [-0.05, 0) is 25.5 Å². The number of nitrogens with zero attached hydrogens (tertiary/aromatic N) is 2. The lowest BCUT2D eigenvalue weighted by molar-refractivity contribution is 0.391. The third-order valence-electron chi connectivity index (χ3n) is 3.25. The molecular formula is C14H19N3. The number of para-hydroxylation sites is 1. The van der Waals surface area contributed by atoms with Crippen molar-refractivity contribution in [1.29, 1.82) is 5.26 Å². The van der Waals surface area contributed by atoms with Crippen LogP contribution < -0.4 is 10.2 Å². The Kier molecular flexibility index (Phi) is 3.65. The molecule has 0 saturated carbocycles. The third kappa shape index (κ3) is 2.78. The van der Waals surface area contributed by atoms with Crippen LogP contribution in [0.3, 0.4) is 0 Å². The molecule has 0 radical (unpaired) electrons. The van der Waals surface area contributed by atoms with Crippen LogP contribution in [0.15, 0.2) is 24.3 Å². The molecule has 1 aromatic carbocycles. The molecule has 1 saturated heterocycles. The maximum absolute atomic E-state index is 8.81. The third-order valence-corrected chi connectivity index (χ3v) is 3.25. The number of hydrogen-bond donors (Lipinski definition) is 1. The number of anilines is 1. The summed E-state index contributed by atoms with van der Waals surface area (Å²) < 4.78 is 0. The van der Waals surface area contributed by atoms with E-state index in [1.165, 1.54) is 11.3 Å². The first-order chi connectivity index (χ1) is 8.20. The van der Waals surface area contributed by atoms with E-state index in [0.717, 1.165) is 13.1 Å². The van der Waals surface area contributed by atoms with Gasteiger partial charge in [-0.2, -0.15) is 5.26 Å². The molecule has 1 N–H and O–H groups in total. The molecule has 1 heterocycles. The van der Waals surface area contributed by atoms with E-state index in [9.17, 15) is 0 Å². The Labute approximate surface area is 103 Å². The number of aryl methyl sites for hydroxylation is 1. The normalized spacial score (nSPS) is 24.4. The molecule has 2 rings (SSSR count). The smallest absolute Gasteiger partial charge is 0.0638 e. The van der Waals surface area contributed by atoms with Gasteiger partial charge in [-0.1, -0.05) is 18.2 Å².